The number of fused-ring (bicyclic) bond motifs is 11. The third-order valence-electron chi connectivity index (χ3n) is 13.3. The molecule has 4 aliphatic rings. The number of thiophene rings is 1. The molecule has 14 rings (SSSR count). The van der Waals surface area contributed by atoms with E-state index in [9.17, 15) is 0 Å². The third-order valence-corrected chi connectivity index (χ3v) is 15.5. The van der Waals surface area contributed by atoms with Crippen LogP contribution in [0.5, 0.6) is 0 Å². The maximum atomic E-state index is 2.62. The van der Waals surface area contributed by atoms with E-state index < -0.39 is 0 Å². The van der Waals surface area contributed by atoms with Gasteiger partial charge in [0, 0.05) is 75.8 Å². The highest BCUT2D eigenvalue weighted by Crippen LogP contribution is 2.48. The fraction of sp³-hybridized carbons (Fsp3) is 0. The van der Waals surface area contributed by atoms with E-state index in [1.807, 2.05) is 23.1 Å². The second-order valence-corrected chi connectivity index (χ2v) is 18.6. The van der Waals surface area contributed by atoms with Gasteiger partial charge in [-0.1, -0.05) is 132 Å². The number of hydrogen-bond acceptors (Lipinski definition) is 5. The first-order chi connectivity index (χ1) is 30.3. The van der Waals surface area contributed by atoms with E-state index in [-0.39, 0.29) is 13.4 Å². The fourth-order valence-electron chi connectivity index (χ4n) is 10.8. The van der Waals surface area contributed by atoms with Gasteiger partial charge in [0.05, 0.1) is 0 Å². The van der Waals surface area contributed by atoms with E-state index in [0.29, 0.717) is 0 Å². The predicted molar refractivity (Wildman–Crippen MR) is 263 cm³/mol. The van der Waals surface area contributed by atoms with Crippen LogP contribution in [0.4, 0.5) is 51.2 Å². The van der Waals surface area contributed by atoms with Gasteiger partial charge < -0.3 is 14.7 Å². The van der Waals surface area contributed by atoms with Crippen LogP contribution in [0.15, 0.2) is 210 Å². The molecule has 0 saturated carbocycles. The van der Waals surface area contributed by atoms with Crippen LogP contribution in [0.3, 0.4) is 0 Å². The van der Waals surface area contributed by atoms with Gasteiger partial charge >= 0.3 is 0 Å². The summed E-state index contributed by atoms with van der Waals surface area (Å²) in [6, 6.07) is 74.8. The van der Waals surface area contributed by atoms with Crippen LogP contribution in [-0.2, 0) is 0 Å². The van der Waals surface area contributed by atoms with E-state index in [2.05, 4.69) is 215 Å². The van der Waals surface area contributed by atoms with Gasteiger partial charge in [0.25, 0.3) is 6.71 Å². The summed E-state index contributed by atoms with van der Waals surface area (Å²) in [6.45, 7) is 0.0867. The Labute approximate surface area is 363 Å². The highest BCUT2D eigenvalue weighted by atomic mass is 32.2. The largest absolute Gasteiger partial charge is 0.311 e. The van der Waals surface area contributed by atoms with Gasteiger partial charge in [-0.05, 0) is 118 Å². The summed E-state index contributed by atoms with van der Waals surface area (Å²) in [5.41, 5.74) is 19.1. The lowest BCUT2D eigenvalue weighted by Gasteiger charge is -2.45. The van der Waals surface area contributed by atoms with Gasteiger partial charge in [-0.25, -0.2) is 0 Å². The Kier molecular flexibility index (Phi) is 7.10. The minimum atomic E-state index is 0.00535. The third kappa shape index (κ3) is 4.73. The number of hydrogen-bond donors (Lipinski definition) is 0. The molecule has 3 nitrogen and oxygen atoms in total. The van der Waals surface area contributed by atoms with Crippen molar-refractivity contribution in [3.63, 3.8) is 0 Å². The smallest absolute Gasteiger partial charge is 0.252 e. The zero-order valence-corrected chi connectivity index (χ0v) is 34.5. The molecule has 5 heterocycles. The topological polar surface area (TPSA) is 9.72 Å². The molecule has 61 heavy (non-hydrogen) atoms. The number of anilines is 9. The Bertz CT molecular complexity index is 3450. The summed E-state index contributed by atoms with van der Waals surface area (Å²) in [5, 5.41) is 2.65. The second-order valence-electron chi connectivity index (χ2n) is 16.4. The zero-order valence-electron chi connectivity index (χ0n) is 32.9. The Morgan fingerprint density at radius 1 is 0.311 bits per heavy atom. The maximum Gasteiger partial charge on any atom is 0.252 e. The Balaban J connectivity index is 1.08. The zero-order chi connectivity index (χ0) is 39.8. The SMILES string of the molecule is c1ccc(N2c3ccccc3B3c4cc5c(cc4Sc4cccc2c43)N(c2ccccc2)c2cccc3c2B5c2cc4c(cc2N3c2ccccc2)sc2ccccc24)cc1. The minimum absolute atomic E-state index is 0.00535. The van der Waals surface area contributed by atoms with Crippen molar-refractivity contribution in [2.45, 2.75) is 9.79 Å². The summed E-state index contributed by atoms with van der Waals surface area (Å²) in [7, 11) is 0. The molecule has 10 aromatic rings. The van der Waals surface area contributed by atoms with Crippen LogP contribution in [0.25, 0.3) is 20.2 Å². The quantitative estimate of drug-likeness (QED) is 0.164. The molecule has 9 aromatic carbocycles. The molecule has 7 heteroatoms. The molecule has 1 aromatic heterocycles. The number of para-hydroxylation sites is 4. The molecule has 0 amide bonds. The highest BCUT2D eigenvalue weighted by molar-refractivity contribution is 8.00. The molecule has 0 bridgehead atoms. The van der Waals surface area contributed by atoms with Gasteiger partial charge in [-0.2, -0.15) is 0 Å². The number of rotatable bonds is 3. The summed E-state index contributed by atoms with van der Waals surface area (Å²) in [6.07, 6.45) is 0. The summed E-state index contributed by atoms with van der Waals surface area (Å²) in [5.74, 6) is 0. The predicted octanol–water partition coefficient (Wildman–Crippen LogP) is 10.9. The number of nitrogens with zero attached hydrogens (tertiary/aromatic N) is 3. The molecule has 0 saturated heterocycles. The average Bonchev–Trinajstić information content (AvgIpc) is 3.68. The highest BCUT2D eigenvalue weighted by Gasteiger charge is 2.47. The van der Waals surface area contributed by atoms with Gasteiger partial charge in [-0.3, -0.25) is 0 Å². The standard InChI is InChI=1S/C54H33B2N3S2/c1-4-16-34(17-5-1)57-43-24-12-11-23-39(43)55-42-31-41-48(33-52(42)61-50-29-15-27-46(57)54(50)55)59(36-20-8-3-9-21-36)45-26-14-25-44-53(45)56(41)40-30-38-37-22-10-13-28-49(37)60-51(38)32-47(40)58(44)35-18-6-2-7-19-35/h1-33H. The van der Waals surface area contributed by atoms with E-state index in [4.69, 9.17) is 0 Å². The normalized spacial score (nSPS) is 14.0. The molecule has 0 atom stereocenters. The summed E-state index contributed by atoms with van der Waals surface area (Å²) in [4.78, 5) is 10.2. The van der Waals surface area contributed by atoms with Crippen LogP contribution in [0.1, 0.15) is 0 Å². The lowest BCUT2D eigenvalue weighted by molar-refractivity contribution is 1.24. The first-order valence-corrected chi connectivity index (χ1v) is 22.6. The van der Waals surface area contributed by atoms with Crippen LogP contribution in [0, 0.1) is 0 Å². The van der Waals surface area contributed by atoms with Gasteiger partial charge in [0.1, 0.15) is 0 Å². The Hall–Kier alpha value is -6.92. The Morgan fingerprint density at radius 2 is 0.836 bits per heavy atom. The van der Waals surface area contributed by atoms with Crippen LogP contribution >= 0.6 is 23.1 Å². The van der Waals surface area contributed by atoms with Crippen molar-refractivity contribution in [2.75, 3.05) is 14.7 Å². The fourth-order valence-corrected chi connectivity index (χ4v) is 13.1. The van der Waals surface area contributed by atoms with Gasteiger partial charge in [0.2, 0.25) is 6.71 Å². The molecule has 282 valence electrons. The van der Waals surface area contributed by atoms with E-state index in [1.165, 1.54) is 108 Å². The minimum Gasteiger partial charge on any atom is -0.311 e. The van der Waals surface area contributed by atoms with Crippen LogP contribution in [0.2, 0.25) is 0 Å². The number of benzene rings is 9. The van der Waals surface area contributed by atoms with Crippen molar-refractivity contribution < 1.29 is 0 Å². The van der Waals surface area contributed by atoms with E-state index in [1.54, 1.807) is 0 Å². The summed E-state index contributed by atoms with van der Waals surface area (Å²) < 4.78 is 2.64. The molecule has 0 fully saturated rings. The monoisotopic (exact) mass is 809 g/mol. The summed E-state index contributed by atoms with van der Waals surface area (Å²) >= 11 is 3.82. The maximum absolute atomic E-state index is 2.62. The molecular formula is C54H33B2N3S2. The van der Waals surface area contributed by atoms with Gasteiger partial charge in [-0.15, -0.1) is 11.3 Å². The van der Waals surface area contributed by atoms with Crippen LogP contribution in [-0.4, -0.2) is 13.4 Å². The van der Waals surface area contributed by atoms with E-state index >= 15 is 0 Å². The van der Waals surface area contributed by atoms with Crippen molar-refractivity contribution in [3.8, 4) is 0 Å². The molecule has 0 N–H and O–H groups in total. The molecular weight excluding hydrogens is 776 g/mol. The first-order valence-electron chi connectivity index (χ1n) is 21.0. The van der Waals surface area contributed by atoms with Crippen molar-refractivity contribution in [1.82, 2.24) is 0 Å². The Morgan fingerprint density at radius 3 is 1.54 bits per heavy atom. The van der Waals surface area contributed by atoms with E-state index in [0.717, 1.165) is 5.69 Å². The van der Waals surface area contributed by atoms with Crippen molar-refractivity contribution >= 4 is 141 Å². The molecule has 4 aliphatic heterocycles. The lowest BCUT2D eigenvalue weighted by atomic mass is 9.31. The second kappa shape index (κ2) is 12.8. The first kappa shape index (κ1) is 33.9. The lowest BCUT2D eigenvalue weighted by Crippen LogP contribution is -2.64. The van der Waals surface area contributed by atoms with Gasteiger partial charge in [0.15, 0.2) is 0 Å². The van der Waals surface area contributed by atoms with Crippen molar-refractivity contribution in [3.05, 3.63) is 200 Å². The molecule has 0 radical (unpaired) electrons. The molecule has 0 unspecified atom stereocenters. The van der Waals surface area contributed by atoms with Crippen molar-refractivity contribution in [1.29, 1.82) is 0 Å². The molecule has 0 spiro atoms. The van der Waals surface area contributed by atoms with Crippen LogP contribution < -0.4 is 47.5 Å². The van der Waals surface area contributed by atoms with Crippen molar-refractivity contribution in [2.24, 2.45) is 0 Å². The average molecular weight is 810 g/mol. The molecule has 0 aliphatic carbocycles.